The molecule has 1 aliphatic rings. The van der Waals surface area contributed by atoms with Crippen LogP contribution in [0, 0.1) is 10.1 Å². The molecule has 0 bridgehead atoms. The molecule has 0 N–H and O–H groups in total. The van der Waals surface area contributed by atoms with Crippen LogP contribution in [0.1, 0.15) is 6.42 Å². The molecule has 1 aromatic carbocycles. The maximum absolute atomic E-state index is 11.0. The highest BCUT2D eigenvalue weighted by molar-refractivity contribution is 9.10. The van der Waals surface area contributed by atoms with Gasteiger partial charge in [-0.15, -0.1) is 0 Å². The Hall–Kier alpha value is -1.14. The molecule has 1 heterocycles. The number of hydrogen-bond donors (Lipinski definition) is 0. The Morgan fingerprint density at radius 2 is 2.35 bits per heavy atom. The summed E-state index contributed by atoms with van der Waals surface area (Å²) in [4.78, 5) is 12.6. The molecule has 1 aromatic rings. The summed E-state index contributed by atoms with van der Waals surface area (Å²) in [6.07, 6.45) is 0.906. The van der Waals surface area contributed by atoms with Gasteiger partial charge in [0.15, 0.2) is 0 Å². The molecule has 1 saturated heterocycles. The number of nitro groups is 1. The first-order valence-corrected chi connectivity index (χ1v) is 6.13. The quantitative estimate of drug-likeness (QED) is 0.636. The second kappa shape index (κ2) is 5.01. The highest BCUT2D eigenvalue weighted by Crippen LogP contribution is 2.32. The van der Waals surface area contributed by atoms with Crippen LogP contribution in [0.15, 0.2) is 22.7 Å². The van der Waals surface area contributed by atoms with Gasteiger partial charge < -0.3 is 9.64 Å². The molecule has 0 radical (unpaired) electrons. The molecule has 17 heavy (non-hydrogen) atoms. The van der Waals surface area contributed by atoms with E-state index < -0.39 is 0 Å². The number of likely N-dealkylation sites (N-methyl/N-ethyl adjacent to an activating group) is 1. The Morgan fingerprint density at radius 3 is 2.94 bits per heavy atom. The number of halogens is 1. The minimum Gasteiger partial charge on any atom is -0.379 e. The summed E-state index contributed by atoms with van der Waals surface area (Å²) in [5, 5.41) is 11.0. The van der Waals surface area contributed by atoms with Gasteiger partial charge in [-0.25, -0.2) is 0 Å². The summed E-state index contributed by atoms with van der Waals surface area (Å²) >= 11 is 3.25. The van der Waals surface area contributed by atoms with Crippen molar-refractivity contribution < 1.29 is 9.66 Å². The van der Waals surface area contributed by atoms with Crippen molar-refractivity contribution in [2.75, 3.05) is 25.2 Å². The molecular formula is C11H13BrN2O3. The van der Waals surface area contributed by atoms with E-state index >= 15 is 0 Å². The van der Waals surface area contributed by atoms with Crippen molar-refractivity contribution in [1.29, 1.82) is 0 Å². The molecule has 1 unspecified atom stereocenters. The molecule has 0 aliphatic carbocycles. The molecule has 0 spiro atoms. The van der Waals surface area contributed by atoms with Gasteiger partial charge in [0.05, 0.1) is 17.6 Å². The Bertz CT molecular complexity index is 433. The van der Waals surface area contributed by atoms with Gasteiger partial charge >= 0.3 is 0 Å². The van der Waals surface area contributed by atoms with Crippen LogP contribution in [0.2, 0.25) is 0 Å². The zero-order valence-electron chi connectivity index (χ0n) is 9.43. The lowest BCUT2D eigenvalue weighted by Gasteiger charge is -2.25. The standard InChI is InChI=1S/C11H13BrN2O3/c1-13(9-4-5-17-7-9)10-3-2-8(12)6-11(10)14(15)16/h2-3,6,9H,4-5,7H2,1H3. The number of rotatable bonds is 3. The van der Waals surface area contributed by atoms with Crippen LogP contribution in [0.5, 0.6) is 0 Å². The van der Waals surface area contributed by atoms with Gasteiger partial charge in [0, 0.05) is 24.2 Å². The Kier molecular flexibility index (Phi) is 3.63. The van der Waals surface area contributed by atoms with E-state index in [-0.39, 0.29) is 16.7 Å². The van der Waals surface area contributed by atoms with Gasteiger partial charge in [-0.2, -0.15) is 0 Å². The number of benzene rings is 1. The van der Waals surface area contributed by atoms with Crippen LogP contribution in [0.25, 0.3) is 0 Å². The topological polar surface area (TPSA) is 55.6 Å². The van der Waals surface area contributed by atoms with Crippen molar-refractivity contribution in [2.24, 2.45) is 0 Å². The first-order valence-electron chi connectivity index (χ1n) is 5.34. The number of nitrogens with zero attached hydrogens (tertiary/aromatic N) is 2. The number of ether oxygens (including phenoxy) is 1. The van der Waals surface area contributed by atoms with E-state index in [0.717, 1.165) is 13.0 Å². The van der Waals surface area contributed by atoms with Crippen LogP contribution in [-0.4, -0.2) is 31.2 Å². The maximum Gasteiger partial charge on any atom is 0.293 e. The summed E-state index contributed by atoms with van der Waals surface area (Å²) < 4.78 is 6.02. The van der Waals surface area contributed by atoms with Crippen LogP contribution in [-0.2, 0) is 4.74 Å². The van der Waals surface area contributed by atoms with Crippen LogP contribution in [0.3, 0.4) is 0 Å². The summed E-state index contributed by atoms with van der Waals surface area (Å²) in [6, 6.07) is 5.33. The van der Waals surface area contributed by atoms with E-state index in [1.807, 2.05) is 18.0 Å². The third kappa shape index (κ3) is 2.58. The van der Waals surface area contributed by atoms with E-state index in [0.29, 0.717) is 16.8 Å². The first kappa shape index (κ1) is 12.3. The minimum absolute atomic E-state index is 0.119. The van der Waals surface area contributed by atoms with Crippen molar-refractivity contribution in [3.05, 3.63) is 32.8 Å². The second-order valence-corrected chi connectivity index (χ2v) is 4.93. The summed E-state index contributed by atoms with van der Waals surface area (Å²) in [5.74, 6) is 0. The fraction of sp³-hybridized carbons (Fsp3) is 0.455. The number of nitro benzene ring substituents is 1. The normalized spacial score (nSPS) is 19.3. The van der Waals surface area contributed by atoms with Gasteiger partial charge in [-0.05, 0) is 18.6 Å². The zero-order valence-corrected chi connectivity index (χ0v) is 11.0. The third-order valence-corrected chi connectivity index (χ3v) is 3.46. The average Bonchev–Trinajstić information content (AvgIpc) is 2.81. The van der Waals surface area contributed by atoms with Crippen molar-refractivity contribution in [2.45, 2.75) is 12.5 Å². The highest BCUT2D eigenvalue weighted by atomic mass is 79.9. The Labute approximate surface area is 108 Å². The summed E-state index contributed by atoms with van der Waals surface area (Å²) in [5.41, 5.74) is 0.752. The fourth-order valence-corrected chi connectivity index (χ4v) is 2.31. The molecule has 1 aliphatic heterocycles. The molecule has 0 saturated carbocycles. The maximum atomic E-state index is 11.0. The SMILES string of the molecule is CN(c1ccc(Br)cc1[N+](=O)[O-])C1CCOC1. The van der Waals surface area contributed by atoms with E-state index in [4.69, 9.17) is 4.74 Å². The molecule has 1 fully saturated rings. The monoisotopic (exact) mass is 300 g/mol. The van der Waals surface area contributed by atoms with Gasteiger partial charge in [0.25, 0.3) is 5.69 Å². The largest absolute Gasteiger partial charge is 0.379 e. The van der Waals surface area contributed by atoms with Crippen LogP contribution >= 0.6 is 15.9 Å². The van der Waals surface area contributed by atoms with Crippen LogP contribution in [0.4, 0.5) is 11.4 Å². The molecule has 5 nitrogen and oxygen atoms in total. The lowest BCUT2D eigenvalue weighted by atomic mass is 10.2. The molecule has 92 valence electrons. The molecule has 0 aromatic heterocycles. The molecule has 2 rings (SSSR count). The van der Waals surface area contributed by atoms with Gasteiger partial charge in [0.1, 0.15) is 5.69 Å². The summed E-state index contributed by atoms with van der Waals surface area (Å²) in [6.45, 7) is 1.35. The van der Waals surface area contributed by atoms with E-state index in [1.165, 1.54) is 6.07 Å². The predicted molar refractivity (Wildman–Crippen MR) is 68.4 cm³/mol. The fourth-order valence-electron chi connectivity index (χ4n) is 1.97. The average molecular weight is 301 g/mol. The smallest absolute Gasteiger partial charge is 0.293 e. The Morgan fingerprint density at radius 1 is 1.59 bits per heavy atom. The predicted octanol–water partition coefficient (Wildman–Crippen LogP) is 2.58. The zero-order chi connectivity index (χ0) is 12.4. The van der Waals surface area contributed by atoms with Gasteiger partial charge in [-0.1, -0.05) is 15.9 Å². The van der Waals surface area contributed by atoms with E-state index in [2.05, 4.69) is 15.9 Å². The lowest BCUT2D eigenvalue weighted by Crippen LogP contribution is -2.32. The van der Waals surface area contributed by atoms with Crippen LogP contribution < -0.4 is 4.90 Å². The third-order valence-electron chi connectivity index (χ3n) is 2.97. The molecular weight excluding hydrogens is 288 g/mol. The van der Waals surface area contributed by atoms with Crippen molar-refractivity contribution in [3.63, 3.8) is 0 Å². The lowest BCUT2D eigenvalue weighted by molar-refractivity contribution is -0.384. The molecule has 0 amide bonds. The minimum atomic E-state index is -0.355. The summed E-state index contributed by atoms with van der Waals surface area (Å²) in [7, 11) is 1.87. The van der Waals surface area contributed by atoms with Gasteiger partial charge in [-0.3, -0.25) is 10.1 Å². The molecule has 1 atom stereocenters. The Balaban J connectivity index is 2.33. The first-order chi connectivity index (χ1) is 8.09. The van der Waals surface area contributed by atoms with Crippen molar-refractivity contribution in [3.8, 4) is 0 Å². The highest BCUT2D eigenvalue weighted by Gasteiger charge is 2.25. The molecule has 6 heteroatoms. The van der Waals surface area contributed by atoms with E-state index in [1.54, 1.807) is 6.07 Å². The number of anilines is 1. The van der Waals surface area contributed by atoms with Gasteiger partial charge in [0.2, 0.25) is 0 Å². The number of hydrogen-bond acceptors (Lipinski definition) is 4. The van der Waals surface area contributed by atoms with E-state index in [9.17, 15) is 10.1 Å². The second-order valence-electron chi connectivity index (χ2n) is 4.02. The van der Waals surface area contributed by atoms with Crippen molar-refractivity contribution in [1.82, 2.24) is 0 Å². The van der Waals surface area contributed by atoms with Crippen molar-refractivity contribution >= 4 is 27.3 Å².